The van der Waals surface area contributed by atoms with Crippen molar-refractivity contribution in [3.8, 4) is 39.1 Å². The molecule has 1 nitrogen and oxygen atoms in total. The van der Waals surface area contributed by atoms with Gasteiger partial charge in [0.1, 0.15) is 0 Å². The van der Waals surface area contributed by atoms with Gasteiger partial charge in [0.15, 0.2) is 0 Å². The van der Waals surface area contributed by atoms with Gasteiger partial charge < -0.3 is 4.57 Å². The van der Waals surface area contributed by atoms with Crippen LogP contribution in [0.4, 0.5) is 0 Å². The third kappa shape index (κ3) is 5.74. The van der Waals surface area contributed by atoms with Gasteiger partial charge in [-0.1, -0.05) is 172 Å². The SMILES string of the molecule is Cc1ccc(-c2ccc3c(c2)c2cc4c(cc2n3-c2ccc3c(c2)C(C)c2ccccc2-3)C(C)(C)c2ccccc2-4)cc1.c1ccc(C2CCC2c2ccccc2)cc1. The lowest BCUT2D eigenvalue weighted by Gasteiger charge is -2.37. The van der Waals surface area contributed by atoms with Crippen molar-refractivity contribution in [1.29, 1.82) is 0 Å². The van der Waals surface area contributed by atoms with Crippen LogP contribution in [0.1, 0.15) is 90.3 Å². The normalized spacial score (nSPS) is 18.0. The van der Waals surface area contributed by atoms with Crippen molar-refractivity contribution >= 4 is 21.8 Å². The van der Waals surface area contributed by atoms with Crippen LogP contribution in [0, 0.1) is 6.92 Å². The number of rotatable bonds is 4. The van der Waals surface area contributed by atoms with Crippen molar-refractivity contribution in [3.05, 3.63) is 221 Å². The summed E-state index contributed by atoms with van der Waals surface area (Å²) in [7, 11) is 0. The van der Waals surface area contributed by atoms with Crippen LogP contribution in [0.2, 0.25) is 0 Å². The third-order valence-corrected chi connectivity index (χ3v) is 14.1. The van der Waals surface area contributed by atoms with E-state index in [-0.39, 0.29) is 5.41 Å². The van der Waals surface area contributed by atoms with Crippen molar-refractivity contribution < 1.29 is 0 Å². The van der Waals surface area contributed by atoms with E-state index in [0.29, 0.717) is 5.92 Å². The lowest BCUT2D eigenvalue weighted by molar-refractivity contribution is 0.346. The molecule has 0 bridgehead atoms. The van der Waals surface area contributed by atoms with E-state index in [4.69, 9.17) is 0 Å². The van der Waals surface area contributed by atoms with E-state index in [1.807, 2.05) is 0 Å². The van der Waals surface area contributed by atoms with E-state index in [0.717, 1.165) is 11.8 Å². The van der Waals surface area contributed by atoms with E-state index in [1.54, 1.807) is 0 Å². The van der Waals surface area contributed by atoms with Crippen molar-refractivity contribution in [2.75, 3.05) is 0 Å². The number of benzene rings is 8. The first-order valence-corrected chi connectivity index (χ1v) is 21.5. The molecular formula is C58H49N. The standard InChI is InChI=1S/C42H33N.C16H16/c1-25-13-15-27(16-14-25)28-17-20-40-36(21-28)37-23-35-33-11-7-8-12-38(33)42(3,4)39(35)24-41(37)43(40)29-18-19-32-31-10-6-5-9-30(31)26(2)34(32)22-29;1-3-7-13(8-4-1)15-11-12-16(15)14-9-5-2-6-10-14/h5-24,26H,1-4H3;1-10,15-16H,11-12H2. The van der Waals surface area contributed by atoms with Crippen LogP contribution in [0.25, 0.3) is 60.9 Å². The topological polar surface area (TPSA) is 4.93 Å². The molecule has 1 heteroatoms. The second-order valence-corrected chi connectivity index (χ2v) is 17.7. The third-order valence-electron chi connectivity index (χ3n) is 14.1. The molecule has 0 spiro atoms. The molecule has 286 valence electrons. The summed E-state index contributed by atoms with van der Waals surface area (Å²) < 4.78 is 2.51. The summed E-state index contributed by atoms with van der Waals surface area (Å²) in [5.74, 6) is 1.86. The zero-order valence-corrected chi connectivity index (χ0v) is 34.4. The summed E-state index contributed by atoms with van der Waals surface area (Å²) in [4.78, 5) is 0. The maximum absolute atomic E-state index is 2.51. The molecule has 1 heterocycles. The van der Waals surface area contributed by atoms with Crippen molar-refractivity contribution in [1.82, 2.24) is 4.57 Å². The van der Waals surface area contributed by atoms with Gasteiger partial charge in [-0.05, 0) is 135 Å². The second-order valence-electron chi connectivity index (χ2n) is 17.7. The Morgan fingerprint density at radius 2 is 1.05 bits per heavy atom. The number of hydrogen-bond donors (Lipinski definition) is 0. The first-order valence-electron chi connectivity index (χ1n) is 21.5. The second kappa shape index (κ2) is 13.8. The molecule has 9 aromatic rings. The van der Waals surface area contributed by atoms with Crippen LogP contribution in [0.15, 0.2) is 182 Å². The first-order chi connectivity index (χ1) is 28.8. The van der Waals surface area contributed by atoms with Gasteiger partial charge in [-0.25, -0.2) is 0 Å². The largest absolute Gasteiger partial charge is 0.309 e. The summed E-state index contributed by atoms with van der Waals surface area (Å²) >= 11 is 0. The van der Waals surface area contributed by atoms with E-state index in [2.05, 4.69) is 214 Å². The predicted molar refractivity (Wildman–Crippen MR) is 249 cm³/mol. The molecular weight excluding hydrogens is 711 g/mol. The Bertz CT molecular complexity index is 2990. The van der Waals surface area contributed by atoms with Crippen molar-refractivity contribution in [2.24, 2.45) is 0 Å². The highest BCUT2D eigenvalue weighted by Gasteiger charge is 2.36. The molecule has 0 amide bonds. The van der Waals surface area contributed by atoms with Gasteiger partial charge in [0, 0.05) is 27.8 Å². The van der Waals surface area contributed by atoms with Gasteiger partial charge in [0.25, 0.3) is 0 Å². The van der Waals surface area contributed by atoms with Crippen molar-refractivity contribution in [3.63, 3.8) is 0 Å². The van der Waals surface area contributed by atoms with Gasteiger partial charge in [0.05, 0.1) is 11.0 Å². The molecule has 1 aromatic heterocycles. The number of aryl methyl sites for hydroxylation is 1. The minimum atomic E-state index is -0.0530. The van der Waals surface area contributed by atoms with Crippen LogP contribution in [0.3, 0.4) is 0 Å². The summed E-state index contributed by atoms with van der Waals surface area (Å²) in [6.07, 6.45) is 2.67. The highest BCUT2D eigenvalue weighted by molar-refractivity contribution is 6.12. The molecule has 3 aliphatic carbocycles. The summed E-state index contributed by atoms with van der Waals surface area (Å²) in [6, 6.07) is 67.7. The number of nitrogens with zero attached hydrogens (tertiary/aromatic N) is 1. The minimum absolute atomic E-state index is 0.0530. The Hall–Kier alpha value is -6.44. The lowest BCUT2D eigenvalue weighted by atomic mass is 9.67. The Kier molecular flexibility index (Phi) is 8.38. The highest BCUT2D eigenvalue weighted by atomic mass is 15.0. The van der Waals surface area contributed by atoms with Crippen LogP contribution in [-0.4, -0.2) is 4.57 Å². The van der Waals surface area contributed by atoms with Gasteiger partial charge in [0.2, 0.25) is 0 Å². The fraction of sp³-hybridized carbons (Fsp3) is 0.172. The molecule has 1 saturated carbocycles. The molecule has 1 fully saturated rings. The average Bonchev–Trinajstić information content (AvgIpc) is 3.82. The Labute approximate surface area is 348 Å². The Balaban J connectivity index is 0.000000207. The quantitative estimate of drug-likeness (QED) is 0.168. The fourth-order valence-electron chi connectivity index (χ4n) is 10.7. The first kappa shape index (κ1) is 35.7. The van der Waals surface area contributed by atoms with Crippen LogP contribution >= 0.6 is 0 Å². The fourth-order valence-corrected chi connectivity index (χ4v) is 10.7. The Morgan fingerprint density at radius 3 is 1.75 bits per heavy atom. The van der Waals surface area contributed by atoms with E-state index < -0.39 is 0 Å². The zero-order valence-electron chi connectivity index (χ0n) is 34.4. The smallest absolute Gasteiger partial charge is 0.0544 e. The maximum Gasteiger partial charge on any atom is 0.0544 e. The van der Waals surface area contributed by atoms with Crippen LogP contribution in [-0.2, 0) is 5.41 Å². The summed E-state index contributed by atoms with van der Waals surface area (Å²) in [5.41, 5.74) is 21.6. The molecule has 0 N–H and O–H groups in total. The summed E-state index contributed by atoms with van der Waals surface area (Å²) in [5, 5.41) is 2.61. The van der Waals surface area contributed by atoms with Gasteiger partial charge in [-0.15, -0.1) is 0 Å². The molecule has 12 rings (SSSR count). The van der Waals surface area contributed by atoms with Gasteiger partial charge in [-0.3, -0.25) is 0 Å². The van der Waals surface area contributed by atoms with Gasteiger partial charge in [-0.2, -0.15) is 0 Å². The lowest BCUT2D eigenvalue weighted by Crippen LogP contribution is -2.21. The monoisotopic (exact) mass is 759 g/mol. The highest BCUT2D eigenvalue weighted by Crippen LogP contribution is 2.52. The molecule has 3 unspecified atom stereocenters. The van der Waals surface area contributed by atoms with Gasteiger partial charge >= 0.3 is 0 Å². The number of fused-ring (bicyclic) bond motifs is 9. The predicted octanol–water partition coefficient (Wildman–Crippen LogP) is 15.5. The molecule has 59 heavy (non-hydrogen) atoms. The molecule has 0 aliphatic heterocycles. The van der Waals surface area contributed by atoms with Crippen molar-refractivity contribution in [2.45, 2.75) is 63.7 Å². The average molecular weight is 760 g/mol. The Morgan fingerprint density at radius 1 is 0.458 bits per heavy atom. The van der Waals surface area contributed by atoms with E-state index in [1.165, 1.54) is 113 Å². The minimum Gasteiger partial charge on any atom is -0.309 e. The van der Waals surface area contributed by atoms with E-state index in [9.17, 15) is 0 Å². The molecule has 3 atom stereocenters. The van der Waals surface area contributed by atoms with Crippen LogP contribution < -0.4 is 0 Å². The number of aromatic nitrogens is 1. The zero-order chi connectivity index (χ0) is 39.8. The van der Waals surface area contributed by atoms with E-state index >= 15 is 0 Å². The molecule has 8 aromatic carbocycles. The maximum atomic E-state index is 2.51. The molecule has 3 aliphatic rings. The van der Waals surface area contributed by atoms with Crippen LogP contribution in [0.5, 0.6) is 0 Å². The molecule has 0 saturated heterocycles. The summed E-state index contributed by atoms with van der Waals surface area (Å²) in [6.45, 7) is 9.25. The molecule has 0 radical (unpaired) electrons. The number of hydrogen-bond acceptors (Lipinski definition) is 0.